The maximum Gasteiger partial charge on any atom is 0.258 e. The van der Waals surface area contributed by atoms with Gasteiger partial charge in [0.25, 0.3) is 5.91 Å². The molecule has 3 aromatic carbocycles. The number of benzene rings is 3. The molecule has 0 aliphatic rings. The Bertz CT molecular complexity index is 1190. The Kier molecular flexibility index (Phi) is 7.42. The van der Waals surface area contributed by atoms with Gasteiger partial charge in [0, 0.05) is 11.1 Å². The van der Waals surface area contributed by atoms with Crippen molar-refractivity contribution in [3.63, 3.8) is 0 Å². The largest absolute Gasteiger partial charge is 0.484 e. The predicted octanol–water partition coefficient (Wildman–Crippen LogP) is 4.78. The van der Waals surface area contributed by atoms with Gasteiger partial charge in [0.05, 0.1) is 17.1 Å². The highest BCUT2D eigenvalue weighted by molar-refractivity contribution is 7.98. The average Bonchev–Trinajstić information content (AvgIpc) is 3.30. The van der Waals surface area contributed by atoms with Gasteiger partial charge in [-0.3, -0.25) is 9.59 Å². The molecule has 1 aromatic heterocycles. The first-order chi connectivity index (χ1) is 16.1. The number of aromatic amines is 1. The maximum atomic E-state index is 12.6. The zero-order chi connectivity index (χ0) is 23.0. The molecule has 0 bridgehead atoms. The van der Waals surface area contributed by atoms with Gasteiger partial charge >= 0.3 is 0 Å². The van der Waals surface area contributed by atoms with E-state index in [2.05, 4.69) is 15.3 Å². The summed E-state index contributed by atoms with van der Waals surface area (Å²) in [4.78, 5) is 33.1. The molecule has 0 saturated carbocycles. The molecule has 0 aliphatic heterocycles. The van der Waals surface area contributed by atoms with Crippen LogP contribution in [0.5, 0.6) is 5.75 Å². The Morgan fingerprint density at radius 2 is 1.67 bits per heavy atom. The summed E-state index contributed by atoms with van der Waals surface area (Å²) in [6.45, 7) is -0.123. The normalized spacial score (nSPS) is 11.8. The molecular formula is C26H25N3O3S. The number of hydrogen-bond acceptors (Lipinski definition) is 5. The van der Waals surface area contributed by atoms with Crippen LogP contribution in [0.3, 0.4) is 0 Å². The van der Waals surface area contributed by atoms with Crippen molar-refractivity contribution in [1.29, 1.82) is 0 Å². The second kappa shape index (κ2) is 10.8. The molecule has 1 atom stereocenters. The van der Waals surface area contributed by atoms with Crippen LogP contribution < -0.4 is 10.1 Å². The number of ether oxygens (including phenoxy) is 1. The molecule has 1 heterocycles. The minimum Gasteiger partial charge on any atom is -0.484 e. The Hall–Kier alpha value is -3.58. The minimum atomic E-state index is -0.231. The summed E-state index contributed by atoms with van der Waals surface area (Å²) >= 11 is 1.72. The fourth-order valence-corrected chi connectivity index (χ4v) is 3.97. The number of imidazole rings is 1. The molecule has 0 saturated heterocycles. The van der Waals surface area contributed by atoms with E-state index in [0.29, 0.717) is 16.9 Å². The number of thioether (sulfide) groups is 1. The van der Waals surface area contributed by atoms with Gasteiger partial charge in [0.2, 0.25) is 0 Å². The van der Waals surface area contributed by atoms with Crippen LogP contribution >= 0.6 is 11.8 Å². The van der Waals surface area contributed by atoms with Crippen LogP contribution in [-0.4, -0.2) is 40.3 Å². The van der Waals surface area contributed by atoms with Crippen LogP contribution in [-0.2, 0) is 4.79 Å². The zero-order valence-corrected chi connectivity index (χ0v) is 19.1. The highest BCUT2D eigenvalue weighted by Gasteiger charge is 2.18. The van der Waals surface area contributed by atoms with Crippen molar-refractivity contribution < 1.29 is 14.3 Å². The van der Waals surface area contributed by atoms with Crippen molar-refractivity contribution in [3.05, 3.63) is 95.8 Å². The molecule has 4 aromatic rings. The molecule has 0 fully saturated rings. The van der Waals surface area contributed by atoms with Crippen molar-refractivity contribution in [1.82, 2.24) is 15.3 Å². The number of carbonyl (C=O) groups is 2. The summed E-state index contributed by atoms with van der Waals surface area (Å²) in [5.74, 6) is 1.87. The van der Waals surface area contributed by atoms with Crippen molar-refractivity contribution in [3.8, 4) is 5.75 Å². The highest BCUT2D eigenvalue weighted by Crippen LogP contribution is 2.20. The molecule has 4 rings (SSSR count). The predicted molar refractivity (Wildman–Crippen MR) is 132 cm³/mol. The molecule has 168 valence electrons. The number of H-pyrrole nitrogens is 1. The molecule has 1 amide bonds. The van der Waals surface area contributed by atoms with Gasteiger partial charge < -0.3 is 15.0 Å². The van der Waals surface area contributed by atoms with Crippen LogP contribution in [0.2, 0.25) is 0 Å². The van der Waals surface area contributed by atoms with Gasteiger partial charge in [-0.2, -0.15) is 11.8 Å². The van der Waals surface area contributed by atoms with Gasteiger partial charge in [-0.1, -0.05) is 42.5 Å². The van der Waals surface area contributed by atoms with E-state index in [9.17, 15) is 9.59 Å². The van der Waals surface area contributed by atoms with E-state index in [4.69, 9.17) is 4.74 Å². The van der Waals surface area contributed by atoms with Gasteiger partial charge in [0.1, 0.15) is 11.6 Å². The summed E-state index contributed by atoms with van der Waals surface area (Å²) in [6, 6.07) is 23.5. The summed E-state index contributed by atoms with van der Waals surface area (Å²) in [7, 11) is 0. The third-order valence-corrected chi connectivity index (χ3v) is 5.85. The van der Waals surface area contributed by atoms with E-state index in [1.54, 1.807) is 48.2 Å². The standard InChI is InChI=1S/C26H25N3O3S/c1-33-16-15-23(26-28-21-9-5-6-10-22(21)29-26)27-24(30)17-32-20-13-11-19(12-14-20)25(31)18-7-3-2-4-8-18/h2-14,23H,15-17H2,1H3,(H,27,30)(H,28,29)/t23-/m0/s1. The molecule has 6 nitrogen and oxygen atoms in total. The van der Waals surface area contributed by atoms with E-state index in [-0.39, 0.29) is 24.3 Å². The Balaban J connectivity index is 1.36. The van der Waals surface area contributed by atoms with Crippen LogP contribution in [0.1, 0.15) is 34.2 Å². The fourth-order valence-electron chi connectivity index (χ4n) is 3.49. The number of rotatable bonds is 10. The van der Waals surface area contributed by atoms with E-state index in [1.807, 2.05) is 48.7 Å². The summed E-state index contributed by atoms with van der Waals surface area (Å²) in [5, 5.41) is 3.03. The van der Waals surface area contributed by atoms with Crippen LogP contribution in [0.15, 0.2) is 78.9 Å². The third-order valence-electron chi connectivity index (χ3n) is 5.21. The van der Waals surface area contributed by atoms with Gasteiger partial charge in [-0.15, -0.1) is 0 Å². The summed E-state index contributed by atoms with van der Waals surface area (Å²) < 4.78 is 5.65. The molecule has 0 unspecified atom stereocenters. The monoisotopic (exact) mass is 459 g/mol. The second-order valence-corrected chi connectivity index (χ2v) is 8.53. The maximum absolute atomic E-state index is 12.6. The minimum absolute atomic E-state index is 0.0534. The second-order valence-electron chi connectivity index (χ2n) is 7.55. The number of para-hydroxylation sites is 2. The fraction of sp³-hybridized carbons (Fsp3) is 0.192. The van der Waals surface area contributed by atoms with Crippen molar-refractivity contribution in [2.24, 2.45) is 0 Å². The van der Waals surface area contributed by atoms with Crippen molar-refractivity contribution >= 4 is 34.5 Å². The van der Waals surface area contributed by atoms with E-state index in [1.165, 1.54) is 0 Å². The first-order valence-corrected chi connectivity index (χ1v) is 12.1. The number of nitrogens with zero attached hydrogens (tertiary/aromatic N) is 1. The molecule has 2 N–H and O–H groups in total. The van der Waals surface area contributed by atoms with Crippen molar-refractivity contribution in [2.45, 2.75) is 12.5 Å². The zero-order valence-electron chi connectivity index (χ0n) is 18.3. The molecule has 7 heteroatoms. The van der Waals surface area contributed by atoms with Gasteiger partial charge in [-0.05, 0) is 54.8 Å². The first-order valence-electron chi connectivity index (χ1n) is 10.7. The SMILES string of the molecule is CSCC[C@H](NC(=O)COc1ccc(C(=O)c2ccccc2)cc1)c1nc2ccccc2[nH]1. The lowest BCUT2D eigenvalue weighted by atomic mass is 10.0. The van der Waals surface area contributed by atoms with Crippen molar-refractivity contribution in [2.75, 3.05) is 18.6 Å². The Morgan fingerprint density at radius 1 is 0.970 bits per heavy atom. The number of nitrogens with one attached hydrogen (secondary N) is 2. The number of carbonyl (C=O) groups excluding carboxylic acids is 2. The number of fused-ring (bicyclic) bond motifs is 1. The molecule has 0 radical (unpaired) electrons. The molecule has 0 aliphatic carbocycles. The van der Waals surface area contributed by atoms with E-state index < -0.39 is 0 Å². The quantitative estimate of drug-likeness (QED) is 0.333. The van der Waals surface area contributed by atoms with E-state index >= 15 is 0 Å². The van der Waals surface area contributed by atoms with Crippen LogP contribution in [0.25, 0.3) is 11.0 Å². The summed E-state index contributed by atoms with van der Waals surface area (Å²) in [5.41, 5.74) is 3.02. The molecular weight excluding hydrogens is 434 g/mol. The topological polar surface area (TPSA) is 84.1 Å². The Morgan fingerprint density at radius 3 is 2.39 bits per heavy atom. The smallest absolute Gasteiger partial charge is 0.258 e. The average molecular weight is 460 g/mol. The van der Waals surface area contributed by atoms with Gasteiger partial charge in [-0.25, -0.2) is 4.98 Å². The number of hydrogen-bond donors (Lipinski definition) is 2. The Labute approximate surface area is 196 Å². The number of amides is 1. The molecule has 0 spiro atoms. The van der Waals surface area contributed by atoms with E-state index in [0.717, 1.165) is 29.0 Å². The number of ketones is 1. The first kappa shape index (κ1) is 22.6. The highest BCUT2D eigenvalue weighted by atomic mass is 32.2. The lowest BCUT2D eigenvalue weighted by Crippen LogP contribution is -2.33. The lowest BCUT2D eigenvalue weighted by Gasteiger charge is -2.16. The molecule has 33 heavy (non-hydrogen) atoms. The lowest BCUT2D eigenvalue weighted by molar-refractivity contribution is -0.123. The number of aromatic nitrogens is 2. The van der Waals surface area contributed by atoms with Crippen LogP contribution in [0, 0.1) is 0 Å². The third kappa shape index (κ3) is 5.81. The van der Waals surface area contributed by atoms with Crippen LogP contribution in [0.4, 0.5) is 0 Å². The summed E-state index contributed by atoms with van der Waals surface area (Å²) in [6.07, 6.45) is 2.79. The van der Waals surface area contributed by atoms with Gasteiger partial charge in [0.15, 0.2) is 12.4 Å².